The Morgan fingerprint density at radius 2 is 1.82 bits per heavy atom. The van der Waals surface area contributed by atoms with Crippen molar-refractivity contribution >= 4 is 0 Å². The summed E-state index contributed by atoms with van der Waals surface area (Å²) in [5.41, 5.74) is 1.26. The molecule has 0 amide bonds. The van der Waals surface area contributed by atoms with Gasteiger partial charge in [0.15, 0.2) is 17.5 Å². The standard InChI is InChI=1S/C12H10F2N2O/c1-17-7-8-5-15-12(16-6-8)9-2-3-10(13)11(14)4-9/h2-6H,7H2,1H3. The Labute approximate surface area is 97.1 Å². The van der Waals surface area contributed by atoms with Gasteiger partial charge in [0.2, 0.25) is 0 Å². The highest BCUT2D eigenvalue weighted by molar-refractivity contribution is 5.54. The zero-order valence-electron chi connectivity index (χ0n) is 9.15. The van der Waals surface area contributed by atoms with Gasteiger partial charge in [0, 0.05) is 30.6 Å². The van der Waals surface area contributed by atoms with Crippen LogP contribution in [0.4, 0.5) is 8.78 Å². The van der Waals surface area contributed by atoms with E-state index in [4.69, 9.17) is 4.74 Å². The van der Waals surface area contributed by atoms with Gasteiger partial charge in [-0.25, -0.2) is 18.7 Å². The first-order valence-corrected chi connectivity index (χ1v) is 4.96. The average Bonchev–Trinajstić information content (AvgIpc) is 2.34. The lowest BCUT2D eigenvalue weighted by Crippen LogP contribution is -1.95. The van der Waals surface area contributed by atoms with Gasteiger partial charge in [-0.2, -0.15) is 0 Å². The Hall–Kier alpha value is -1.88. The number of hydrogen-bond donors (Lipinski definition) is 0. The molecular weight excluding hydrogens is 226 g/mol. The van der Waals surface area contributed by atoms with E-state index in [1.165, 1.54) is 6.07 Å². The van der Waals surface area contributed by atoms with Gasteiger partial charge in [-0.05, 0) is 18.2 Å². The second-order valence-electron chi connectivity index (χ2n) is 3.48. The molecule has 0 N–H and O–H groups in total. The minimum absolute atomic E-state index is 0.351. The van der Waals surface area contributed by atoms with E-state index in [1.807, 2.05) is 0 Å². The molecule has 5 heteroatoms. The predicted molar refractivity (Wildman–Crippen MR) is 58.1 cm³/mol. The third kappa shape index (κ3) is 2.62. The highest BCUT2D eigenvalue weighted by Gasteiger charge is 2.06. The number of ether oxygens (including phenoxy) is 1. The summed E-state index contributed by atoms with van der Waals surface area (Å²) in [6.07, 6.45) is 3.18. The van der Waals surface area contributed by atoms with Gasteiger partial charge < -0.3 is 4.74 Å². The first-order valence-electron chi connectivity index (χ1n) is 4.96. The van der Waals surface area contributed by atoms with Gasteiger partial charge in [-0.1, -0.05) is 0 Å². The maximum absolute atomic E-state index is 13.0. The minimum Gasteiger partial charge on any atom is -0.380 e. The molecule has 3 nitrogen and oxygen atoms in total. The van der Waals surface area contributed by atoms with Gasteiger partial charge >= 0.3 is 0 Å². The second kappa shape index (κ2) is 4.97. The van der Waals surface area contributed by atoms with Crippen molar-refractivity contribution in [1.29, 1.82) is 0 Å². The van der Waals surface area contributed by atoms with Gasteiger partial charge in [0.25, 0.3) is 0 Å². The number of hydrogen-bond acceptors (Lipinski definition) is 3. The highest BCUT2D eigenvalue weighted by Crippen LogP contribution is 2.17. The third-order valence-corrected chi connectivity index (χ3v) is 2.19. The molecule has 0 aliphatic heterocycles. The monoisotopic (exact) mass is 236 g/mol. The van der Waals surface area contributed by atoms with Gasteiger partial charge in [-0.3, -0.25) is 0 Å². The Balaban J connectivity index is 2.30. The Morgan fingerprint density at radius 1 is 1.12 bits per heavy atom. The molecule has 0 spiro atoms. The quantitative estimate of drug-likeness (QED) is 0.821. The van der Waals surface area contributed by atoms with Crippen molar-refractivity contribution in [3.8, 4) is 11.4 Å². The lowest BCUT2D eigenvalue weighted by Gasteiger charge is -2.02. The average molecular weight is 236 g/mol. The fraction of sp³-hybridized carbons (Fsp3) is 0.167. The normalized spacial score (nSPS) is 10.5. The molecule has 0 fully saturated rings. The molecule has 0 bridgehead atoms. The lowest BCUT2D eigenvalue weighted by atomic mass is 10.2. The van der Waals surface area contributed by atoms with Crippen molar-refractivity contribution in [3.05, 3.63) is 47.8 Å². The van der Waals surface area contributed by atoms with Crippen molar-refractivity contribution in [2.24, 2.45) is 0 Å². The van der Waals surface area contributed by atoms with Crippen molar-refractivity contribution in [2.75, 3.05) is 7.11 Å². The number of halogens is 2. The molecule has 0 saturated carbocycles. The van der Waals surface area contributed by atoms with E-state index in [1.54, 1.807) is 19.5 Å². The summed E-state index contributed by atoms with van der Waals surface area (Å²) in [6.45, 7) is 0.415. The van der Waals surface area contributed by atoms with Crippen molar-refractivity contribution < 1.29 is 13.5 Å². The SMILES string of the molecule is COCc1cnc(-c2ccc(F)c(F)c2)nc1. The van der Waals surface area contributed by atoms with E-state index in [0.717, 1.165) is 17.7 Å². The van der Waals surface area contributed by atoms with E-state index in [9.17, 15) is 8.78 Å². The molecule has 0 radical (unpaired) electrons. The van der Waals surface area contributed by atoms with Crippen LogP contribution in [-0.4, -0.2) is 17.1 Å². The van der Waals surface area contributed by atoms with Crippen molar-refractivity contribution in [2.45, 2.75) is 6.61 Å². The topological polar surface area (TPSA) is 35.0 Å². The van der Waals surface area contributed by atoms with Gasteiger partial charge in [-0.15, -0.1) is 0 Å². The first-order chi connectivity index (χ1) is 8.20. The van der Waals surface area contributed by atoms with E-state index >= 15 is 0 Å². The van der Waals surface area contributed by atoms with Crippen LogP contribution in [0.15, 0.2) is 30.6 Å². The van der Waals surface area contributed by atoms with E-state index in [-0.39, 0.29) is 0 Å². The molecule has 0 aliphatic carbocycles. The number of benzene rings is 1. The smallest absolute Gasteiger partial charge is 0.159 e. The van der Waals surface area contributed by atoms with Crippen molar-refractivity contribution in [3.63, 3.8) is 0 Å². The molecule has 0 aliphatic rings. The molecule has 0 saturated heterocycles. The fourth-order valence-electron chi connectivity index (χ4n) is 1.38. The van der Waals surface area contributed by atoms with Crippen LogP contribution >= 0.6 is 0 Å². The van der Waals surface area contributed by atoms with Crippen LogP contribution in [0, 0.1) is 11.6 Å². The maximum atomic E-state index is 13.0. The fourth-order valence-corrected chi connectivity index (χ4v) is 1.38. The van der Waals surface area contributed by atoms with Gasteiger partial charge in [0.1, 0.15) is 0 Å². The van der Waals surface area contributed by atoms with Crippen LogP contribution < -0.4 is 0 Å². The third-order valence-electron chi connectivity index (χ3n) is 2.19. The lowest BCUT2D eigenvalue weighted by molar-refractivity contribution is 0.184. The molecule has 1 heterocycles. The van der Waals surface area contributed by atoms with E-state index in [2.05, 4.69) is 9.97 Å². The summed E-state index contributed by atoms with van der Waals surface area (Å²) in [7, 11) is 1.57. The Bertz CT molecular complexity index is 514. The summed E-state index contributed by atoms with van der Waals surface area (Å²) in [5, 5.41) is 0. The molecule has 1 aromatic heterocycles. The summed E-state index contributed by atoms with van der Waals surface area (Å²) < 4.78 is 30.7. The molecule has 1 aromatic carbocycles. The highest BCUT2D eigenvalue weighted by atomic mass is 19.2. The van der Waals surface area contributed by atoms with Crippen LogP contribution in [0.3, 0.4) is 0 Å². The summed E-state index contributed by atoms with van der Waals surface area (Å²) in [4.78, 5) is 8.12. The molecule has 2 rings (SSSR count). The molecule has 0 unspecified atom stereocenters. The van der Waals surface area contributed by atoms with E-state index in [0.29, 0.717) is 18.0 Å². The number of methoxy groups -OCH3 is 1. The van der Waals surface area contributed by atoms with E-state index < -0.39 is 11.6 Å². The predicted octanol–water partition coefficient (Wildman–Crippen LogP) is 2.57. The van der Waals surface area contributed by atoms with Crippen LogP contribution in [-0.2, 0) is 11.3 Å². The summed E-state index contributed by atoms with van der Waals surface area (Å²) >= 11 is 0. The molecular formula is C12H10F2N2O. The van der Waals surface area contributed by atoms with Crippen LogP contribution in [0.2, 0.25) is 0 Å². The number of nitrogens with zero attached hydrogens (tertiary/aromatic N) is 2. The van der Waals surface area contributed by atoms with Crippen LogP contribution in [0.5, 0.6) is 0 Å². The Morgan fingerprint density at radius 3 is 2.41 bits per heavy atom. The van der Waals surface area contributed by atoms with Crippen LogP contribution in [0.25, 0.3) is 11.4 Å². The zero-order chi connectivity index (χ0) is 12.3. The molecule has 88 valence electrons. The largest absolute Gasteiger partial charge is 0.380 e. The first kappa shape index (κ1) is 11.6. The molecule has 17 heavy (non-hydrogen) atoms. The zero-order valence-corrected chi connectivity index (χ0v) is 9.15. The Kier molecular flexibility index (Phi) is 3.39. The molecule has 2 aromatic rings. The van der Waals surface area contributed by atoms with Crippen LogP contribution in [0.1, 0.15) is 5.56 Å². The van der Waals surface area contributed by atoms with Gasteiger partial charge in [0.05, 0.1) is 6.61 Å². The summed E-state index contributed by atoms with van der Waals surface area (Å²) in [6, 6.07) is 3.56. The number of rotatable bonds is 3. The van der Waals surface area contributed by atoms with Crippen molar-refractivity contribution in [1.82, 2.24) is 9.97 Å². The second-order valence-corrected chi connectivity index (χ2v) is 3.48. The minimum atomic E-state index is -0.910. The summed E-state index contributed by atoms with van der Waals surface area (Å²) in [5.74, 6) is -1.44. The maximum Gasteiger partial charge on any atom is 0.159 e. The molecule has 0 atom stereocenters. The number of aromatic nitrogens is 2.